The van der Waals surface area contributed by atoms with Crippen LogP contribution >= 0.6 is 0 Å². The fourth-order valence-corrected chi connectivity index (χ4v) is 1.60. The third-order valence-electron chi connectivity index (χ3n) is 2.63. The first kappa shape index (κ1) is 17.4. The van der Waals surface area contributed by atoms with Crippen LogP contribution in [-0.2, 0) is 0 Å². The van der Waals surface area contributed by atoms with Crippen molar-refractivity contribution in [2.75, 3.05) is 12.8 Å². The number of methoxy groups -OCH3 is 1. The maximum absolute atomic E-state index is 13.5. The van der Waals surface area contributed by atoms with Gasteiger partial charge < -0.3 is 15.6 Å². The topological polar surface area (TPSA) is 67.8 Å². The van der Waals surface area contributed by atoms with Gasteiger partial charge in [0.25, 0.3) is 0 Å². The van der Waals surface area contributed by atoms with E-state index in [4.69, 9.17) is 15.6 Å². The molecule has 6 heteroatoms. The lowest BCUT2D eigenvalue weighted by Crippen LogP contribution is -1.94. The van der Waals surface area contributed by atoms with E-state index in [-0.39, 0.29) is 0 Å². The minimum atomic E-state index is -0.958. The highest BCUT2D eigenvalue weighted by Crippen LogP contribution is 2.27. The minimum Gasteiger partial charge on any atom is -0.508 e. The Kier molecular flexibility index (Phi) is 6.31. The molecule has 0 saturated carbocycles. The number of hydrogen-bond donors (Lipinski definition) is 2. The summed E-state index contributed by atoms with van der Waals surface area (Å²) in [7, 11) is 1.49. The van der Waals surface area contributed by atoms with Crippen molar-refractivity contribution >= 4 is 17.6 Å². The molecule has 0 aromatic heterocycles. The van der Waals surface area contributed by atoms with Gasteiger partial charge in [-0.05, 0) is 18.2 Å². The largest absolute Gasteiger partial charge is 0.508 e. The summed E-state index contributed by atoms with van der Waals surface area (Å²) in [5, 5.41) is 9.05. The summed E-state index contributed by atoms with van der Waals surface area (Å²) in [4.78, 5) is 3.73. The van der Waals surface area contributed by atoms with Gasteiger partial charge in [0.15, 0.2) is 11.6 Å². The normalized spacial score (nSPS) is 10.2. The van der Waals surface area contributed by atoms with Crippen LogP contribution in [0.15, 0.2) is 35.3 Å². The van der Waals surface area contributed by atoms with Crippen LogP contribution in [0.5, 0.6) is 11.5 Å². The summed E-state index contributed by atoms with van der Waals surface area (Å²) in [6.45, 7) is 4.00. The number of nitrogen functional groups attached to an aromatic ring is 1. The van der Waals surface area contributed by atoms with Crippen molar-refractivity contribution in [3.05, 3.63) is 47.5 Å². The quantitative estimate of drug-likeness (QED) is 0.664. The Morgan fingerprint density at radius 1 is 1.14 bits per heavy atom. The van der Waals surface area contributed by atoms with Gasteiger partial charge >= 0.3 is 0 Å². The first-order chi connectivity index (χ1) is 10.5. The monoisotopic (exact) mass is 308 g/mol. The number of benzene rings is 2. The number of ether oxygens (including phenoxy) is 1. The van der Waals surface area contributed by atoms with Crippen LogP contribution in [0.3, 0.4) is 0 Å². The predicted octanol–water partition coefficient (Wildman–Crippen LogP) is 4.04. The van der Waals surface area contributed by atoms with Crippen molar-refractivity contribution in [1.29, 1.82) is 0 Å². The van der Waals surface area contributed by atoms with Crippen molar-refractivity contribution < 1.29 is 18.6 Å². The molecule has 2 rings (SSSR count). The molecule has 0 heterocycles. The number of phenols is 1. The van der Waals surface area contributed by atoms with Crippen LogP contribution < -0.4 is 10.5 Å². The Morgan fingerprint density at radius 3 is 2.27 bits per heavy atom. The molecule has 0 aliphatic carbocycles. The van der Waals surface area contributed by atoms with Crippen molar-refractivity contribution in [2.24, 2.45) is 4.99 Å². The highest BCUT2D eigenvalue weighted by molar-refractivity contribution is 5.89. The van der Waals surface area contributed by atoms with Crippen LogP contribution in [0.1, 0.15) is 19.4 Å². The van der Waals surface area contributed by atoms with Crippen molar-refractivity contribution in [3.63, 3.8) is 0 Å². The molecule has 4 nitrogen and oxygen atoms in total. The highest BCUT2D eigenvalue weighted by Gasteiger charge is 2.09. The highest BCUT2D eigenvalue weighted by atomic mass is 19.1. The summed E-state index contributed by atoms with van der Waals surface area (Å²) in [6, 6.07) is 6.42. The second kappa shape index (κ2) is 7.97. The van der Waals surface area contributed by atoms with Gasteiger partial charge in [-0.2, -0.15) is 0 Å². The zero-order valence-electron chi connectivity index (χ0n) is 12.6. The number of rotatable bonds is 3. The molecule has 2 aromatic rings. The molecule has 0 atom stereocenters. The molecular weight excluding hydrogens is 290 g/mol. The Labute approximate surface area is 127 Å². The summed E-state index contributed by atoms with van der Waals surface area (Å²) in [6.07, 6.45) is 1.23. The fraction of sp³-hybridized carbons (Fsp3) is 0.188. The lowest BCUT2D eigenvalue weighted by molar-refractivity contribution is 0.415. The molecule has 118 valence electrons. The average Bonchev–Trinajstić information content (AvgIpc) is 2.50. The van der Waals surface area contributed by atoms with Gasteiger partial charge in [0, 0.05) is 29.6 Å². The Hall–Kier alpha value is -2.63. The summed E-state index contributed by atoms with van der Waals surface area (Å²) >= 11 is 0. The standard InChI is InChI=1S/C14H12F2N2O2.C2H6/c1-20-10-2-3-13(17)8(4-10)7-18-14-11(15)5-9(19)6-12(14)16;1-2/h2-7,19H,17H2,1H3;1-2H3. The molecule has 0 bridgehead atoms. The van der Waals surface area contributed by atoms with Gasteiger partial charge in [-0.25, -0.2) is 13.8 Å². The SMILES string of the molecule is CC.COc1ccc(N)c(C=Nc2c(F)cc(O)cc2F)c1. The minimum absolute atomic E-state index is 0.397. The maximum atomic E-state index is 13.5. The lowest BCUT2D eigenvalue weighted by Gasteiger charge is -2.04. The van der Waals surface area contributed by atoms with E-state index in [0.29, 0.717) is 17.0 Å². The van der Waals surface area contributed by atoms with Crippen LogP contribution in [0.4, 0.5) is 20.2 Å². The molecule has 0 saturated heterocycles. The molecular formula is C16H18F2N2O2. The second-order valence-electron chi connectivity index (χ2n) is 4.01. The molecule has 0 amide bonds. The van der Waals surface area contributed by atoms with Gasteiger partial charge in [-0.3, -0.25) is 0 Å². The molecule has 0 spiro atoms. The van der Waals surface area contributed by atoms with Gasteiger partial charge in [-0.15, -0.1) is 0 Å². The van der Waals surface area contributed by atoms with Gasteiger partial charge in [0.2, 0.25) is 0 Å². The van der Waals surface area contributed by atoms with Crippen LogP contribution in [0.25, 0.3) is 0 Å². The van der Waals surface area contributed by atoms with E-state index < -0.39 is 23.1 Å². The first-order valence-electron chi connectivity index (χ1n) is 6.67. The number of aromatic hydroxyl groups is 1. The number of aliphatic imine (C=N–C) groups is 1. The fourth-order valence-electron chi connectivity index (χ4n) is 1.60. The number of phenolic OH excluding ortho intramolecular Hbond substituents is 1. The molecule has 0 aliphatic rings. The predicted molar refractivity (Wildman–Crippen MR) is 84.0 cm³/mol. The third-order valence-corrected chi connectivity index (χ3v) is 2.63. The molecule has 0 aliphatic heterocycles. The smallest absolute Gasteiger partial charge is 0.155 e. The molecule has 2 aromatic carbocycles. The summed E-state index contributed by atoms with van der Waals surface area (Å²) < 4.78 is 32.0. The summed E-state index contributed by atoms with van der Waals surface area (Å²) in [5.74, 6) is -1.87. The van der Waals surface area contributed by atoms with Crippen LogP contribution in [0, 0.1) is 11.6 Å². The third kappa shape index (κ3) is 4.18. The Balaban J connectivity index is 0.00000116. The van der Waals surface area contributed by atoms with E-state index in [9.17, 15) is 8.78 Å². The Morgan fingerprint density at radius 2 is 1.73 bits per heavy atom. The lowest BCUT2D eigenvalue weighted by atomic mass is 10.2. The number of nitrogens with zero attached hydrogens (tertiary/aromatic N) is 1. The number of hydrogen-bond acceptors (Lipinski definition) is 4. The second-order valence-corrected chi connectivity index (χ2v) is 4.01. The van der Waals surface area contributed by atoms with E-state index in [1.165, 1.54) is 13.3 Å². The van der Waals surface area contributed by atoms with Crippen molar-refractivity contribution in [3.8, 4) is 11.5 Å². The van der Waals surface area contributed by atoms with E-state index in [0.717, 1.165) is 12.1 Å². The summed E-state index contributed by atoms with van der Waals surface area (Å²) in [5.41, 5.74) is 6.10. The maximum Gasteiger partial charge on any atom is 0.155 e. The molecule has 3 N–H and O–H groups in total. The number of nitrogens with two attached hydrogens (primary N) is 1. The van der Waals surface area contributed by atoms with Crippen LogP contribution in [0.2, 0.25) is 0 Å². The van der Waals surface area contributed by atoms with E-state index in [2.05, 4.69) is 4.99 Å². The Bertz CT molecular complexity index is 650. The average molecular weight is 308 g/mol. The molecule has 22 heavy (non-hydrogen) atoms. The van der Waals surface area contributed by atoms with Gasteiger partial charge in [0.1, 0.15) is 17.2 Å². The zero-order valence-corrected chi connectivity index (χ0v) is 12.6. The van der Waals surface area contributed by atoms with Gasteiger partial charge in [-0.1, -0.05) is 13.8 Å². The van der Waals surface area contributed by atoms with Crippen LogP contribution in [-0.4, -0.2) is 18.4 Å². The number of halogens is 2. The van der Waals surface area contributed by atoms with Crippen molar-refractivity contribution in [1.82, 2.24) is 0 Å². The van der Waals surface area contributed by atoms with E-state index >= 15 is 0 Å². The van der Waals surface area contributed by atoms with E-state index in [1.807, 2.05) is 13.8 Å². The molecule has 0 unspecified atom stereocenters. The number of anilines is 1. The van der Waals surface area contributed by atoms with Gasteiger partial charge in [0.05, 0.1) is 7.11 Å². The van der Waals surface area contributed by atoms with E-state index in [1.54, 1.807) is 18.2 Å². The van der Waals surface area contributed by atoms with Crippen molar-refractivity contribution in [2.45, 2.75) is 13.8 Å². The molecule has 0 fully saturated rings. The zero-order chi connectivity index (χ0) is 16.7. The first-order valence-corrected chi connectivity index (χ1v) is 6.67. The molecule has 0 radical (unpaired) electrons.